The van der Waals surface area contributed by atoms with E-state index >= 15 is 0 Å². The van der Waals surface area contributed by atoms with Gasteiger partial charge in [0.05, 0.1) is 13.2 Å². The zero-order valence-electron chi connectivity index (χ0n) is 17.7. The fourth-order valence-electron chi connectivity index (χ4n) is 3.73. The Bertz CT molecular complexity index is 967. The van der Waals surface area contributed by atoms with Crippen LogP contribution < -0.4 is 15.0 Å². The predicted octanol–water partition coefficient (Wildman–Crippen LogP) is 2.61. The van der Waals surface area contributed by atoms with Crippen molar-refractivity contribution in [2.24, 2.45) is 0 Å². The van der Waals surface area contributed by atoms with Crippen molar-refractivity contribution in [2.45, 2.75) is 19.7 Å². The van der Waals surface area contributed by atoms with Gasteiger partial charge in [0, 0.05) is 17.7 Å². The minimum atomic E-state index is -0.0804. The van der Waals surface area contributed by atoms with Crippen molar-refractivity contribution in [1.82, 2.24) is 5.32 Å². The molecule has 0 bridgehead atoms. The summed E-state index contributed by atoms with van der Waals surface area (Å²) >= 11 is 0. The SMILES string of the molecule is O=C(NCc1ccccc1C[NH+]1CCOCC1)c1ccc(OCc2ccccc2)cc1. The highest BCUT2D eigenvalue weighted by atomic mass is 16.5. The topological polar surface area (TPSA) is 52.0 Å². The second kappa shape index (κ2) is 10.8. The number of quaternary nitrogens is 1. The van der Waals surface area contributed by atoms with E-state index in [1.165, 1.54) is 10.5 Å². The summed E-state index contributed by atoms with van der Waals surface area (Å²) < 4.78 is 11.3. The van der Waals surface area contributed by atoms with E-state index in [9.17, 15) is 4.79 Å². The van der Waals surface area contributed by atoms with Crippen LogP contribution in [0.25, 0.3) is 0 Å². The van der Waals surface area contributed by atoms with Crippen molar-refractivity contribution >= 4 is 5.91 Å². The number of hydrogen-bond donors (Lipinski definition) is 2. The largest absolute Gasteiger partial charge is 0.489 e. The van der Waals surface area contributed by atoms with Gasteiger partial charge < -0.3 is 19.7 Å². The van der Waals surface area contributed by atoms with Crippen LogP contribution >= 0.6 is 0 Å². The molecule has 3 aromatic carbocycles. The second-order valence-electron chi connectivity index (χ2n) is 7.79. The third kappa shape index (κ3) is 6.17. The average Bonchev–Trinajstić information content (AvgIpc) is 2.84. The molecular weight excluding hydrogens is 388 g/mol. The minimum Gasteiger partial charge on any atom is -0.489 e. The van der Waals surface area contributed by atoms with E-state index < -0.39 is 0 Å². The van der Waals surface area contributed by atoms with Crippen molar-refractivity contribution in [1.29, 1.82) is 0 Å². The summed E-state index contributed by atoms with van der Waals surface area (Å²) in [5.74, 6) is 0.669. The fraction of sp³-hybridized carbons (Fsp3) is 0.269. The molecule has 5 nitrogen and oxygen atoms in total. The Kier molecular flexibility index (Phi) is 7.32. The summed E-state index contributed by atoms with van der Waals surface area (Å²) in [7, 11) is 0. The smallest absolute Gasteiger partial charge is 0.251 e. The lowest BCUT2D eigenvalue weighted by atomic mass is 10.1. The molecule has 31 heavy (non-hydrogen) atoms. The molecule has 0 aliphatic carbocycles. The average molecular weight is 418 g/mol. The first-order valence-corrected chi connectivity index (χ1v) is 10.8. The number of carbonyl (C=O) groups is 1. The standard InChI is InChI=1S/C26H28N2O3/c29-26(22-10-12-25(13-11-22)31-20-21-6-2-1-3-7-21)27-18-23-8-4-5-9-24(23)19-28-14-16-30-17-15-28/h1-13H,14-20H2,(H,27,29)/p+1. The van der Waals surface area contributed by atoms with Gasteiger partial charge in [-0.15, -0.1) is 0 Å². The van der Waals surface area contributed by atoms with E-state index in [-0.39, 0.29) is 5.91 Å². The Morgan fingerprint density at radius 1 is 0.871 bits per heavy atom. The normalized spacial score (nSPS) is 14.2. The van der Waals surface area contributed by atoms with Crippen molar-refractivity contribution in [3.8, 4) is 5.75 Å². The van der Waals surface area contributed by atoms with Gasteiger partial charge in [-0.2, -0.15) is 0 Å². The highest BCUT2D eigenvalue weighted by Gasteiger charge is 2.16. The van der Waals surface area contributed by atoms with Crippen LogP contribution in [0.1, 0.15) is 27.0 Å². The van der Waals surface area contributed by atoms with Gasteiger partial charge in [-0.25, -0.2) is 0 Å². The number of rotatable bonds is 8. The van der Waals surface area contributed by atoms with E-state index in [2.05, 4.69) is 23.5 Å². The number of benzene rings is 3. The van der Waals surface area contributed by atoms with Crippen LogP contribution in [0.4, 0.5) is 0 Å². The molecular formula is C26H29N2O3+. The summed E-state index contributed by atoms with van der Waals surface area (Å²) in [5, 5.41) is 3.06. The maximum Gasteiger partial charge on any atom is 0.251 e. The van der Waals surface area contributed by atoms with Crippen LogP contribution in [0.3, 0.4) is 0 Å². The van der Waals surface area contributed by atoms with Crippen molar-refractivity contribution < 1.29 is 19.2 Å². The van der Waals surface area contributed by atoms with Crippen molar-refractivity contribution in [3.63, 3.8) is 0 Å². The first-order chi connectivity index (χ1) is 15.3. The molecule has 0 atom stereocenters. The molecule has 1 heterocycles. The van der Waals surface area contributed by atoms with Gasteiger partial charge in [0.2, 0.25) is 0 Å². The molecule has 1 fully saturated rings. The number of hydrogen-bond acceptors (Lipinski definition) is 3. The van der Waals surface area contributed by atoms with Crippen LogP contribution in [0, 0.1) is 0 Å². The molecule has 1 amide bonds. The van der Waals surface area contributed by atoms with E-state index in [1.54, 1.807) is 12.1 Å². The van der Waals surface area contributed by atoms with Gasteiger partial charge in [-0.1, -0.05) is 54.6 Å². The van der Waals surface area contributed by atoms with Crippen LogP contribution in [0.2, 0.25) is 0 Å². The molecule has 0 radical (unpaired) electrons. The molecule has 0 saturated carbocycles. The monoisotopic (exact) mass is 417 g/mol. The lowest BCUT2D eigenvalue weighted by molar-refractivity contribution is -0.921. The second-order valence-corrected chi connectivity index (χ2v) is 7.79. The molecule has 3 aromatic rings. The highest BCUT2D eigenvalue weighted by molar-refractivity contribution is 5.94. The number of nitrogens with one attached hydrogen (secondary N) is 2. The number of ether oxygens (including phenoxy) is 2. The van der Waals surface area contributed by atoms with Gasteiger partial charge in [0.15, 0.2) is 0 Å². The van der Waals surface area contributed by atoms with Gasteiger partial charge in [-0.05, 0) is 35.4 Å². The maximum atomic E-state index is 12.6. The third-order valence-corrected chi connectivity index (χ3v) is 5.56. The van der Waals surface area contributed by atoms with E-state index in [0.29, 0.717) is 18.7 Å². The zero-order valence-corrected chi connectivity index (χ0v) is 17.7. The minimum absolute atomic E-state index is 0.0804. The first kappa shape index (κ1) is 21.1. The Morgan fingerprint density at radius 2 is 1.55 bits per heavy atom. The number of amides is 1. The van der Waals surface area contributed by atoms with Crippen LogP contribution in [-0.4, -0.2) is 32.2 Å². The Labute approximate surface area is 183 Å². The Morgan fingerprint density at radius 3 is 2.29 bits per heavy atom. The zero-order chi connectivity index (χ0) is 21.3. The molecule has 0 unspecified atom stereocenters. The van der Waals surface area contributed by atoms with E-state index in [0.717, 1.165) is 49.7 Å². The highest BCUT2D eigenvalue weighted by Crippen LogP contribution is 2.15. The van der Waals surface area contributed by atoms with Gasteiger partial charge in [-0.3, -0.25) is 4.79 Å². The van der Waals surface area contributed by atoms with E-state index in [1.807, 2.05) is 48.5 Å². The van der Waals surface area contributed by atoms with Gasteiger partial charge in [0.25, 0.3) is 5.91 Å². The molecule has 4 rings (SSSR count). The van der Waals surface area contributed by atoms with Crippen LogP contribution in [0.5, 0.6) is 5.75 Å². The fourth-order valence-corrected chi connectivity index (χ4v) is 3.73. The Hall–Kier alpha value is -3.15. The molecule has 5 heteroatoms. The number of carbonyl (C=O) groups excluding carboxylic acids is 1. The lowest BCUT2D eigenvalue weighted by Crippen LogP contribution is -3.12. The first-order valence-electron chi connectivity index (χ1n) is 10.8. The third-order valence-electron chi connectivity index (χ3n) is 5.56. The molecule has 160 valence electrons. The quantitative estimate of drug-likeness (QED) is 0.593. The summed E-state index contributed by atoms with van der Waals surface area (Å²) in [6.45, 7) is 5.68. The van der Waals surface area contributed by atoms with Crippen molar-refractivity contribution in [2.75, 3.05) is 26.3 Å². The predicted molar refractivity (Wildman–Crippen MR) is 120 cm³/mol. The molecule has 1 aliphatic heterocycles. The summed E-state index contributed by atoms with van der Waals surface area (Å²) in [6.07, 6.45) is 0. The Balaban J connectivity index is 1.30. The van der Waals surface area contributed by atoms with Gasteiger partial charge >= 0.3 is 0 Å². The summed E-state index contributed by atoms with van der Waals surface area (Å²) in [6, 6.07) is 25.7. The molecule has 1 saturated heterocycles. The molecule has 0 aromatic heterocycles. The summed E-state index contributed by atoms with van der Waals surface area (Å²) in [4.78, 5) is 14.2. The van der Waals surface area contributed by atoms with Crippen molar-refractivity contribution in [3.05, 3.63) is 101 Å². The van der Waals surface area contributed by atoms with Crippen LogP contribution in [0.15, 0.2) is 78.9 Å². The van der Waals surface area contributed by atoms with E-state index in [4.69, 9.17) is 9.47 Å². The lowest BCUT2D eigenvalue weighted by Gasteiger charge is -2.24. The number of morpholine rings is 1. The molecule has 2 N–H and O–H groups in total. The van der Waals surface area contributed by atoms with Gasteiger partial charge in [0.1, 0.15) is 32.0 Å². The molecule has 0 spiro atoms. The summed E-state index contributed by atoms with van der Waals surface area (Å²) in [5.41, 5.74) is 4.19. The maximum absolute atomic E-state index is 12.6. The molecule has 1 aliphatic rings. The van der Waals surface area contributed by atoms with Crippen LogP contribution in [-0.2, 0) is 24.4 Å².